The molecule has 5 aromatic rings. The maximum Gasteiger partial charge on any atom is 0.434 e. The van der Waals surface area contributed by atoms with E-state index in [1.54, 1.807) is 24.3 Å². The number of fused-ring (bicyclic) bond motifs is 1. The van der Waals surface area contributed by atoms with Crippen LogP contribution in [0.3, 0.4) is 0 Å². The van der Waals surface area contributed by atoms with Gasteiger partial charge in [0.2, 0.25) is 5.88 Å². The molecular weight excluding hydrogens is 580 g/mol. The van der Waals surface area contributed by atoms with Crippen LogP contribution in [-0.2, 0) is 19.8 Å². The molecule has 0 unspecified atom stereocenters. The maximum absolute atomic E-state index is 13.1. The van der Waals surface area contributed by atoms with Crippen LogP contribution in [0, 0.1) is 0 Å². The number of imidazole rings is 1. The Hall–Kier alpha value is -4.82. The van der Waals surface area contributed by atoms with E-state index >= 15 is 0 Å². The van der Waals surface area contributed by atoms with Gasteiger partial charge in [0.05, 0.1) is 12.2 Å². The van der Waals surface area contributed by atoms with Gasteiger partial charge in [-0.15, -0.1) is 0 Å². The number of alkyl halides is 6. The molecule has 1 aliphatic carbocycles. The van der Waals surface area contributed by atoms with E-state index in [-0.39, 0.29) is 41.2 Å². The van der Waals surface area contributed by atoms with Crippen molar-refractivity contribution in [2.24, 2.45) is 7.05 Å². The van der Waals surface area contributed by atoms with Crippen LogP contribution in [-0.4, -0.2) is 46.8 Å². The highest BCUT2D eigenvalue weighted by Crippen LogP contribution is 2.45. The van der Waals surface area contributed by atoms with Crippen LogP contribution < -0.4 is 10.3 Å². The number of hydrogen-bond acceptors (Lipinski definition) is 7. The first-order valence-electron chi connectivity index (χ1n) is 13.0. The standard InChI is InChI=1S/C28H21F6N7O2/c1-40-12-19(28(32,33)34)38-24(40)17-4-2-15(3-5-17)11-41-20(42)9-8-18-10-35-23(39-25(18)41)21-22(16-6-7-16)36-14-37-26(21)43-13-27(29,30)31/h2-5,8-10,12,14,16H,6-7,11,13H2,1H3. The summed E-state index contributed by atoms with van der Waals surface area (Å²) in [7, 11) is 1.46. The molecule has 0 saturated heterocycles. The van der Waals surface area contributed by atoms with Crippen molar-refractivity contribution >= 4 is 11.0 Å². The summed E-state index contributed by atoms with van der Waals surface area (Å²) in [6.07, 6.45) is -4.12. The zero-order valence-electron chi connectivity index (χ0n) is 22.3. The van der Waals surface area contributed by atoms with Gasteiger partial charge in [-0.1, -0.05) is 24.3 Å². The lowest BCUT2D eigenvalue weighted by atomic mass is 10.1. The van der Waals surface area contributed by atoms with Crippen LogP contribution in [0.2, 0.25) is 0 Å². The van der Waals surface area contributed by atoms with Gasteiger partial charge < -0.3 is 9.30 Å². The number of aromatic nitrogens is 7. The number of nitrogens with zero attached hydrogens (tertiary/aromatic N) is 7. The van der Waals surface area contributed by atoms with Crippen molar-refractivity contribution in [2.75, 3.05) is 6.61 Å². The van der Waals surface area contributed by atoms with Crippen LogP contribution in [0.25, 0.3) is 33.8 Å². The van der Waals surface area contributed by atoms with E-state index in [1.165, 1.54) is 34.5 Å². The van der Waals surface area contributed by atoms with E-state index in [4.69, 9.17) is 4.74 Å². The average Bonchev–Trinajstić information content (AvgIpc) is 3.73. The first-order valence-corrected chi connectivity index (χ1v) is 13.0. The van der Waals surface area contributed by atoms with Gasteiger partial charge in [-0.3, -0.25) is 9.36 Å². The molecule has 222 valence electrons. The van der Waals surface area contributed by atoms with E-state index in [1.807, 2.05) is 0 Å². The Morgan fingerprint density at radius 2 is 1.70 bits per heavy atom. The van der Waals surface area contributed by atoms with Crippen molar-refractivity contribution in [1.82, 2.24) is 34.1 Å². The van der Waals surface area contributed by atoms with Crippen molar-refractivity contribution in [3.05, 3.63) is 82.4 Å². The summed E-state index contributed by atoms with van der Waals surface area (Å²) in [6.45, 7) is -1.52. The highest BCUT2D eigenvalue weighted by molar-refractivity contribution is 5.78. The lowest BCUT2D eigenvalue weighted by Crippen LogP contribution is -2.21. The fourth-order valence-corrected chi connectivity index (χ4v) is 4.68. The lowest BCUT2D eigenvalue weighted by molar-refractivity contribution is -0.154. The molecule has 1 saturated carbocycles. The Labute approximate surface area is 238 Å². The summed E-state index contributed by atoms with van der Waals surface area (Å²) in [5.74, 6) is -0.180. The van der Waals surface area contributed by atoms with Crippen molar-refractivity contribution in [3.8, 4) is 28.7 Å². The maximum atomic E-state index is 13.1. The lowest BCUT2D eigenvalue weighted by Gasteiger charge is -2.15. The normalized spacial score (nSPS) is 13.9. The highest BCUT2D eigenvalue weighted by Gasteiger charge is 2.35. The summed E-state index contributed by atoms with van der Waals surface area (Å²) >= 11 is 0. The molecule has 0 radical (unpaired) electrons. The Morgan fingerprint density at radius 1 is 0.953 bits per heavy atom. The number of hydrogen-bond donors (Lipinski definition) is 0. The van der Waals surface area contributed by atoms with E-state index in [0.29, 0.717) is 22.2 Å². The number of ether oxygens (including phenoxy) is 1. The smallest absolute Gasteiger partial charge is 0.434 e. The SMILES string of the molecule is Cn1cc(C(F)(F)F)nc1-c1ccc(Cn2c(=O)ccc3cnc(-c4c(OCC(F)(F)F)ncnc4C4CC4)nc32)cc1. The third-order valence-corrected chi connectivity index (χ3v) is 6.84. The molecule has 0 amide bonds. The molecule has 0 atom stereocenters. The summed E-state index contributed by atoms with van der Waals surface area (Å²) in [5, 5.41) is 0.496. The number of aryl methyl sites for hydroxylation is 1. The van der Waals surface area contributed by atoms with Gasteiger partial charge in [-0.05, 0) is 24.5 Å². The van der Waals surface area contributed by atoms with Crippen molar-refractivity contribution in [2.45, 2.75) is 37.7 Å². The third-order valence-electron chi connectivity index (χ3n) is 6.84. The Morgan fingerprint density at radius 3 is 2.35 bits per heavy atom. The predicted octanol–water partition coefficient (Wildman–Crippen LogP) is 5.53. The van der Waals surface area contributed by atoms with Gasteiger partial charge in [0, 0.05) is 42.4 Å². The topological polar surface area (TPSA) is 101 Å². The molecule has 4 aromatic heterocycles. The third kappa shape index (κ3) is 5.92. The van der Waals surface area contributed by atoms with Crippen LogP contribution in [0.1, 0.15) is 35.7 Å². The fraction of sp³-hybridized carbons (Fsp3) is 0.286. The van der Waals surface area contributed by atoms with Gasteiger partial charge in [0.1, 0.15) is 23.4 Å². The van der Waals surface area contributed by atoms with E-state index in [9.17, 15) is 31.1 Å². The van der Waals surface area contributed by atoms with Crippen molar-refractivity contribution in [3.63, 3.8) is 0 Å². The molecule has 6 rings (SSSR count). The van der Waals surface area contributed by atoms with Gasteiger partial charge in [0.25, 0.3) is 5.56 Å². The second kappa shape index (κ2) is 10.5. The van der Waals surface area contributed by atoms with Crippen LogP contribution >= 0.6 is 0 Å². The monoisotopic (exact) mass is 601 g/mol. The Balaban J connectivity index is 1.37. The minimum Gasteiger partial charge on any atom is -0.467 e. The predicted molar refractivity (Wildman–Crippen MR) is 141 cm³/mol. The van der Waals surface area contributed by atoms with Crippen LogP contribution in [0.5, 0.6) is 5.88 Å². The Bertz CT molecular complexity index is 1880. The minimum absolute atomic E-state index is 0.00653. The zero-order chi connectivity index (χ0) is 30.5. The van der Waals surface area contributed by atoms with Gasteiger partial charge >= 0.3 is 12.4 Å². The highest BCUT2D eigenvalue weighted by atomic mass is 19.4. The molecule has 0 aliphatic heterocycles. The number of halogens is 6. The summed E-state index contributed by atoms with van der Waals surface area (Å²) in [4.78, 5) is 33.8. The number of rotatable bonds is 7. The molecule has 0 bridgehead atoms. The van der Waals surface area contributed by atoms with Gasteiger partial charge in [0.15, 0.2) is 18.1 Å². The van der Waals surface area contributed by atoms with Crippen LogP contribution in [0.15, 0.2) is 59.9 Å². The molecule has 43 heavy (non-hydrogen) atoms. The molecule has 1 aromatic carbocycles. The second-order valence-electron chi connectivity index (χ2n) is 10.1. The largest absolute Gasteiger partial charge is 0.467 e. The number of benzene rings is 1. The average molecular weight is 602 g/mol. The molecular formula is C28H21F6N7O2. The van der Waals surface area contributed by atoms with E-state index in [0.717, 1.165) is 25.4 Å². The number of pyridine rings is 1. The first kappa shape index (κ1) is 28.3. The zero-order valence-corrected chi connectivity index (χ0v) is 22.3. The summed E-state index contributed by atoms with van der Waals surface area (Å²) < 4.78 is 85.9. The van der Waals surface area contributed by atoms with E-state index < -0.39 is 30.2 Å². The summed E-state index contributed by atoms with van der Waals surface area (Å²) in [5.41, 5.74) is 0.492. The molecule has 4 heterocycles. The fourth-order valence-electron chi connectivity index (χ4n) is 4.68. The Kier molecular flexibility index (Phi) is 6.89. The minimum atomic E-state index is -4.60. The molecule has 9 nitrogen and oxygen atoms in total. The van der Waals surface area contributed by atoms with Crippen molar-refractivity contribution < 1.29 is 31.1 Å². The molecule has 0 N–H and O–H groups in total. The first-order chi connectivity index (χ1) is 20.4. The van der Waals surface area contributed by atoms with Crippen molar-refractivity contribution in [1.29, 1.82) is 0 Å². The molecule has 1 fully saturated rings. The molecule has 0 spiro atoms. The van der Waals surface area contributed by atoms with Crippen LogP contribution in [0.4, 0.5) is 26.3 Å². The quantitative estimate of drug-likeness (QED) is 0.226. The second-order valence-corrected chi connectivity index (χ2v) is 10.1. The molecule has 1 aliphatic rings. The van der Waals surface area contributed by atoms with Gasteiger partial charge in [-0.25, -0.2) is 24.9 Å². The summed E-state index contributed by atoms with van der Waals surface area (Å²) in [6, 6.07) is 9.38. The van der Waals surface area contributed by atoms with E-state index in [2.05, 4.69) is 24.9 Å². The van der Waals surface area contributed by atoms with Gasteiger partial charge in [-0.2, -0.15) is 26.3 Å². The molecule has 15 heteroatoms.